The molecule has 0 aliphatic heterocycles. The summed E-state index contributed by atoms with van der Waals surface area (Å²) in [5.74, 6) is -0.0534. The Hall–Kier alpha value is -1.66. The molecule has 0 heterocycles. The van der Waals surface area contributed by atoms with Crippen LogP contribution in [0, 0.1) is 0 Å². The zero-order valence-corrected chi connectivity index (χ0v) is 49.4. The Morgan fingerprint density at radius 3 is 0.973 bits per heavy atom. The van der Waals surface area contributed by atoms with E-state index in [1.165, 1.54) is 270 Å². The van der Waals surface area contributed by atoms with Gasteiger partial charge in [0.2, 0.25) is 5.91 Å². The number of unbranched alkanes of at least 4 members (excludes halogenated alkanes) is 47. The zero-order chi connectivity index (χ0) is 52.9. The molecular weight excluding hydrogens is 899 g/mol. The molecule has 0 aromatic carbocycles. The highest BCUT2D eigenvalue weighted by atomic mass is 16.5. The fourth-order valence-electron chi connectivity index (χ4n) is 10.4. The van der Waals surface area contributed by atoms with Crippen molar-refractivity contribution in [3.8, 4) is 0 Å². The van der Waals surface area contributed by atoms with E-state index in [0.717, 1.165) is 64.2 Å². The molecule has 6 heteroatoms. The van der Waals surface area contributed by atoms with Crippen LogP contribution < -0.4 is 5.32 Å². The molecule has 0 aliphatic carbocycles. The van der Waals surface area contributed by atoms with Gasteiger partial charge >= 0.3 is 5.97 Å². The molecule has 0 aromatic heterocycles. The lowest BCUT2D eigenvalue weighted by Crippen LogP contribution is -2.45. The second-order valence-corrected chi connectivity index (χ2v) is 22.8. The summed E-state index contributed by atoms with van der Waals surface area (Å²) in [6.45, 7) is 4.95. The normalized spacial score (nSPS) is 12.7. The Balaban J connectivity index is 3.45. The van der Waals surface area contributed by atoms with Crippen molar-refractivity contribution in [2.45, 2.75) is 379 Å². The number of aliphatic hydroxyl groups is 2. The zero-order valence-electron chi connectivity index (χ0n) is 49.4. The number of rotatable bonds is 62. The van der Waals surface area contributed by atoms with E-state index in [9.17, 15) is 19.8 Å². The molecule has 6 nitrogen and oxygen atoms in total. The fourth-order valence-corrected chi connectivity index (χ4v) is 10.4. The standard InChI is InChI=1S/C67H129NO5/c1-3-5-7-9-11-13-15-17-19-21-22-23-24-25-26-28-31-35-39-43-47-51-55-59-65(70)64(63-69)68-66(71)60-56-52-48-44-40-36-32-29-30-34-38-42-46-50-54-58-62-73-67(72)61-57-53-49-45-41-37-33-27-20-18-16-14-12-10-8-6-4-2/h18,20,29,32,64-65,69-70H,3-17,19,21-28,30-31,33-63H2,1-2H3,(H,68,71)/b20-18-,32-29-. The molecule has 0 bridgehead atoms. The number of aliphatic hydroxyl groups excluding tert-OH is 2. The second kappa shape index (κ2) is 62.9. The van der Waals surface area contributed by atoms with E-state index in [1.807, 2.05) is 0 Å². The van der Waals surface area contributed by atoms with E-state index in [2.05, 4.69) is 43.5 Å². The summed E-state index contributed by atoms with van der Waals surface area (Å²) in [4.78, 5) is 24.6. The lowest BCUT2D eigenvalue weighted by molar-refractivity contribution is -0.143. The molecule has 0 radical (unpaired) electrons. The summed E-state index contributed by atoms with van der Waals surface area (Å²) < 4.78 is 5.48. The monoisotopic (exact) mass is 1030 g/mol. The van der Waals surface area contributed by atoms with Crippen molar-refractivity contribution in [1.82, 2.24) is 5.32 Å². The smallest absolute Gasteiger partial charge is 0.305 e. The Morgan fingerprint density at radius 2 is 0.644 bits per heavy atom. The molecule has 0 aliphatic rings. The van der Waals surface area contributed by atoms with Crippen molar-refractivity contribution in [1.29, 1.82) is 0 Å². The van der Waals surface area contributed by atoms with Crippen molar-refractivity contribution in [3.63, 3.8) is 0 Å². The van der Waals surface area contributed by atoms with Gasteiger partial charge in [0.15, 0.2) is 0 Å². The van der Waals surface area contributed by atoms with E-state index in [-0.39, 0.29) is 18.5 Å². The van der Waals surface area contributed by atoms with Gasteiger partial charge in [-0.05, 0) is 77.0 Å². The summed E-state index contributed by atoms with van der Waals surface area (Å²) in [6, 6.07) is -0.555. The Kier molecular flexibility index (Phi) is 61.4. The first kappa shape index (κ1) is 71.3. The number of amides is 1. The fraction of sp³-hybridized carbons (Fsp3) is 0.910. The largest absolute Gasteiger partial charge is 0.466 e. The topological polar surface area (TPSA) is 95.9 Å². The first-order chi connectivity index (χ1) is 36.0. The van der Waals surface area contributed by atoms with Crippen LogP contribution in [0.3, 0.4) is 0 Å². The van der Waals surface area contributed by atoms with E-state index < -0.39 is 12.1 Å². The van der Waals surface area contributed by atoms with Crippen LogP contribution in [-0.2, 0) is 14.3 Å². The van der Waals surface area contributed by atoms with Gasteiger partial charge < -0.3 is 20.3 Å². The number of nitrogens with one attached hydrogen (secondary N) is 1. The molecule has 0 fully saturated rings. The number of hydrogen-bond acceptors (Lipinski definition) is 5. The number of ether oxygens (including phenoxy) is 1. The predicted molar refractivity (Wildman–Crippen MR) is 320 cm³/mol. The summed E-state index contributed by atoms with van der Waals surface area (Å²) in [7, 11) is 0. The quantitative estimate of drug-likeness (QED) is 0.0320. The van der Waals surface area contributed by atoms with E-state index in [1.54, 1.807) is 0 Å². The minimum Gasteiger partial charge on any atom is -0.466 e. The molecular formula is C67H129NO5. The number of hydrogen-bond donors (Lipinski definition) is 3. The number of esters is 1. The molecule has 0 aromatic rings. The molecule has 2 unspecified atom stereocenters. The Bertz CT molecular complexity index is 1140. The molecule has 0 spiro atoms. The molecule has 0 saturated heterocycles. The van der Waals surface area contributed by atoms with Crippen LogP contribution >= 0.6 is 0 Å². The first-order valence-corrected chi connectivity index (χ1v) is 33.1. The molecule has 2 atom stereocenters. The maximum atomic E-state index is 12.5. The SMILES string of the molecule is CCCCCCCC/C=C\CCCCCCCCCC(=O)OCCCCCCCCC/C=C\CCCCCCCC(=O)NC(CO)C(O)CCCCCCCCCCCCCCCCCCCCCCCCC. The highest BCUT2D eigenvalue weighted by molar-refractivity contribution is 5.76. The van der Waals surface area contributed by atoms with E-state index in [0.29, 0.717) is 25.9 Å². The average Bonchev–Trinajstić information content (AvgIpc) is 3.39. The van der Waals surface area contributed by atoms with E-state index in [4.69, 9.17) is 4.74 Å². The summed E-state index contributed by atoms with van der Waals surface area (Å²) in [5, 5.41) is 23.4. The van der Waals surface area contributed by atoms with Crippen molar-refractivity contribution < 1.29 is 24.5 Å². The first-order valence-electron chi connectivity index (χ1n) is 33.1. The third-order valence-corrected chi connectivity index (χ3v) is 15.5. The van der Waals surface area contributed by atoms with Crippen molar-refractivity contribution >= 4 is 11.9 Å². The maximum absolute atomic E-state index is 12.5. The third kappa shape index (κ3) is 59.4. The van der Waals surface area contributed by atoms with Gasteiger partial charge in [-0.1, -0.05) is 301 Å². The second-order valence-electron chi connectivity index (χ2n) is 22.8. The molecule has 432 valence electrons. The molecule has 73 heavy (non-hydrogen) atoms. The number of carbonyl (C=O) groups excluding carboxylic acids is 2. The van der Waals surface area contributed by atoms with Crippen LogP contribution in [0.25, 0.3) is 0 Å². The van der Waals surface area contributed by atoms with Gasteiger partial charge in [-0.3, -0.25) is 9.59 Å². The van der Waals surface area contributed by atoms with Crippen LogP contribution in [0.1, 0.15) is 367 Å². The van der Waals surface area contributed by atoms with Gasteiger partial charge in [0, 0.05) is 12.8 Å². The molecule has 0 saturated carbocycles. The lowest BCUT2D eigenvalue weighted by atomic mass is 10.0. The maximum Gasteiger partial charge on any atom is 0.305 e. The van der Waals surface area contributed by atoms with Gasteiger partial charge in [0.1, 0.15) is 0 Å². The van der Waals surface area contributed by atoms with Crippen molar-refractivity contribution in [2.24, 2.45) is 0 Å². The number of allylic oxidation sites excluding steroid dienone is 4. The predicted octanol–water partition coefficient (Wildman–Crippen LogP) is 21.0. The van der Waals surface area contributed by atoms with Crippen LogP contribution in [0.2, 0.25) is 0 Å². The van der Waals surface area contributed by atoms with Crippen LogP contribution in [0.4, 0.5) is 0 Å². The van der Waals surface area contributed by atoms with Gasteiger partial charge in [-0.2, -0.15) is 0 Å². The van der Waals surface area contributed by atoms with Gasteiger partial charge in [0.25, 0.3) is 0 Å². The minimum absolute atomic E-state index is 0.00511. The summed E-state index contributed by atoms with van der Waals surface area (Å²) in [5.41, 5.74) is 0. The summed E-state index contributed by atoms with van der Waals surface area (Å²) in [6.07, 6.45) is 77.7. The average molecular weight is 1030 g/mol. The van der Waals surface area contributed by atoms with Gasteiger partial charge in [-0.15, -0.1) is 0 Å². The highest BCUT2D eigenvalue weighted by Gasteiger charge is 2.20. The Labute approximate surface area is 456 Å². The van der Waals surface area contributed by atoms with Crippen LogP contribution in [-0.4, -0.2) is 47.4 Å². The Morgan fingerprint density at radius 1 is 0.370 bits per heavy atom. The lowest BCUT2D eigenvalue weighted by Gasteiger charge is -2.22. The molecule has 0 rings (SSSR count). The molecule has 1 amide bonds. The van der Waals surface area contributed by atoms with Crippen LogP contribution in [0.5, 0.6) is 0 Å². The van der Waals surface area contributed by atoms with Gasteiger partial charge in [-0.25, -0.2) is 0 Å². The minimum atomic E-state index is -0.676. The van der Waals surface area contributed by atoms with Gasteiger partial charge in [0.05, 0.1) is 25.4 Å². The van der Waals surface area contributed by atoms with E-state index >= 15 is 0 Å². The van der Waals surface area contributed by atoms with Crippen molar-refractivity contribution in [3.05, 3.63) is 24.3 Å². The van der Waals surface area contributed by atoms with Crippen LogP contribution in [0.15, 0.2) is 24.3 Å². The number of carbonyl (C=O) groups is 2. The third-order valence-electron chi connectivity index (χ3n) is 15.5. The summed E-state index contributed by atoms with van der Waals surface area (Å²) >= 11 is 0. The molecule has 3 N–H and O–H groups in total. The highest BCUT2D eigenvalue weighted by Crippen LogP contribution is 2.18. The van der Waals surface area contributed by atoms with Crippen molar-refractivity contribution in [2.75, 3.05) is 13.2 Å².